The zero-order chi connectivity index (χ0) is 14.0. The molecule has 0 aliphatic heterocycles. The summed E-state index contributed by atoms with van der Waals surface area (Å²) in [7, 11) is 0. The fraction of sp³-hybridized carbons (Fsp3) is 0.611. The lowest BCUT2D eigenvalue weighted by Gasteiger charge is -2.45. The monoisotopic (exact) mass is 268 g/mol. The maximum atomic E-state index is 9.58. The Hall–Kier alpha value is -1.33. The number of nitriles is 1. The Morgan fingerprint density at radius 1 is 1.20 bits per heavy atom. The molecule has 2 saturated carbocycles. The summed E-state index contributed by atoms with van der Waals surface area (Å²) in [6, 6.07) is 14.0. The second-order valence-corrected chi connectivity index (χ2v) is 6.66. The zero-order valence-corrected chi connectivity index (χ0v) is 12.3. The average Bonchev–Trinajstić information content (AvgIpc) is 2.97. The normalized spacial score (nSPS) is 31.5. The Morgan fingerprint density at radius 2 is 1.85 bits per heavy atom. The molecule has 1 aromatic rings. The SMILES string of the molecule is C[C@@H](NC1CC(C#N)(c2ccccc2)C1)C1CCCC1. The van der Waals surface area contributed by atoms with Crippen LogP contribution in [0.5, 0.6) is 0 Å². The molecule has 106 valence electrons. The molecule has 1 atom stereocenters. The van der Waals surface area contributed by atoms with Gasteiger partial charge in [-0.15, -0.1) is 0 Å². The van der Waals surface area contributed by atoms with Gasteiger partial charge in [-0.2, -0.15) is 5.26 Å². The van der Waals surface area contributed by atoms with Crippen molar-refractivity contribution in [2.75, 3.05) is 0 Å². The first-order chi connectivity index (χ1) is 9.73. The lowest BCUT2D eigenvalue weighted by atomic mass is 9.62. The third-order valence-electron chi connectivity index (χ3n) is 5.34. The Labute approximate surface area is 122 Å². The number of hydrogen-bond acceptors (Lipinski definition) is 2. The highest BCUT2D eigenvalue weighted by Gasteiger charge is 2.46. The van der Waals surface area contributed by atoms with Crippen molar-refractivity contribution in [3.63, 3.8) is 0 Å². The fourth-order valence-electron chi connectivity index (χ4n) is 4.01. The molecule has 0 amide bonds. The van der Waals surface area contributed by atoms with Gasteiger partial charge < -0.3 is 5.32 Å². The van der Waals surface area contributed by atoms with Crippen LogP contribution in [0.3, 0.4) is 0 Å². The number of benzene rings is 1. The molecule has 2 heteroatoms. The molecule has 0 aromatic heterocycles. The van der Waals surface area contributed by atoms with Crippen LogP contribution in [0.1, 0.15) is 51.0 Å². The number of nitrogens with one attached hydrogen (secondary N) is 1. The van der Waals surface area contributed by atoms with Crippen molar-refractivity contribution in [3.05, 3.63) is 35.9 Å². The van der Waals surface area contributed by atoms with Crippen LogP contribution in [0, 0.1) is 17.2 Å². The van der Waals surface area contributed by atoms with E-state index in [0.29, 0.717) is 12.1 Å². The highest BCUT2D eigenvalue weighted by Crippen LogP contribution is 2.44. The van der Waals surface area contributed by atoms with E-state index in [1.807, 2.05) is 18.2 Å². The minimum Gasteiger partial charge on any atom is -0.311 e. The summed E-state index contributed by atoms with van der Waals surface area (Å²) in [5.41, 5.74) is 0.947. The van der Waals surface area contributed by atoms with Crippen molar-refractivity contribution in [3.8, 4) is 6.07 Å². The lowest BCUT2D eigenvalue weighted by Crippen LogP contribution is -2.54. The Balaban J connectivity index is 1.58. The van der Waals surface area contributed by atoms with Gasteiger partial charge in [-0.25, -0.2) is 0 Å². The van der Waals surface area contributed by atoms with E-state index in [1.165, 1.54) is 31.2 Å². The van der Waals surface area contributed by atoms with E-state index in [4.69, 9.17) is 0 Å². The predicted octanol–water partition coefficient (Wildman–Crippen LogP) is 3.78. The van der Waals surface area contributed by atoms with Crippen molar-refractivity contribution < 1.29 is 0 Å². The largest absolute Gasteiger partial charge is 0.311 e. The fourth-order valence-corrected chi connectivity index (χ4v) is 4.01. The molecule has 3 rings (SSSR count). The van der Waals surface area contributed by atoms with E-state index in [2.05, 4.69) is 30.4 Å². The molecule has 2 aliphatic rings. The first-order valence-corrected chi connectivity index (χ1v) is 7.96. The summed E-state index contributed by atoms with van der Waals surface area (Å²) < 4.78 is 0. The maximum Gasteiger partial charge on any atom is 0.0852 e. The molecule has 2 nitrogen and oxygen atoms in total. The van der Waals surface area contributed by atoms with Crippen LogP contribution in [-0.2, 0) is 5.41 Å². The predicted molar refractivity (Wildman–Crippen MR) is 81.3 cm³/mol. The van der Waals surface area contributed by atoms with Crippen molar-refractivity contribution in [2.24, 2.45) is 5.92 Å². The Kier molecular flexibility index (Phi) is 3.81. The van der Waals surface area contributed by atoms with Gasteiger partial charge in [-0.1, -0.05) is 43.2 Å². The highest BCUT2D eigenvalue weighted by molar-refractivity contribution is 5.36. The summed E-state index contributed by atoms with van der Waals surface area (Å²) >= 11 is 0. The molecule has 2 aliphatic carbocycles. The zero-order valence-electron chi connectivity index (χ0n) is 12.3. The molecule has 20 heavy (non-hydrogen) atoms. The molecular formula is C18H24N2. The minimum atomic E-state index is -0.242. The van der Waals surface area contributed by atoms with Crippen molar-refractivity contribution in [1.82, 2.24) is 5.32 Å². The second-order valence-electron chi connectivity index (χ2n) is 6.66. The third kappa shape index (κ3) is 2.47. The standard InChI is InChI=1S/C18H24N2/c1-14(15-7-5-6-8-15)20-17-11-18(12-17,13-19)16-9-3-2-4-10-16/h2-4,9-10,14-15,17,20H,5-8,11-12H2,1H3/t14-,17?,18?/m1/s1. The molecule has 1 aromatic carbocycles. The van der Waals surface area contributed by atoms with E-state index in [1.54, 1.807) is 0 Å². The van der Waals surface area contributed by atoms with Gasteiger partial charge in [0.15, 0.2) is 0 Å². The molecule has 0 heterocycles. The van der Waals surface area contributed by atoms with Crippen LogP contribution in [-0.4, -0.2) is 12.1 Å². The minimum absolute atomic E-state index is 0.242. The van der Waals surface area contributed by atoms with E-state index >= 15 is 0 Å². The van der Waals surface area contributed by atoms with Gasteiger partial charge in [-0.05, 0) is 44.1 Å². The van der Waals surface area contributed by atoms with Crippen LogP contribution in [0.15, 0.2) is 30.3 Å². The van der Waals surface area contributed by atoms with Crippen LogP contribution in [0.4, 0.5) is 0 Å². The number of hydrogen-bond donors (Lipinski definition) is 1. The van der Waals surface area contributed by atoms with Gasteiger partial charge in [0.05, 0.1) is 11.5 Å². The van der Waals surface area contributed by atoms with E-state index < -0.39 is 0 Å². The smallest absolute Gasteiger partial charge is 0.0852 e. The van der Waals surface area contributed by atoms with Crippen LogP contribution < -0.4 is 5.32 Å². The summed E-state index contributed by atoms with van der Waals surface area (Å²) in [4.78, 5) is 0. The molecule has 1 N–H and O–H groups in total. The van der Waals surface area contributed by atoms with Crippen molar-refractivity contribution in [2.45, 2.75) is 62.9 Å². The third-order valence-corrected chi connectivity index (χ3v) is 5.34. The number of nitrogens with zero attached hydrogens (tertiary/aromatic N) is 1. The van der Waals surface area contributed by atoms with Crippen LogP contribution >= 0.6 is 0 Å². The van der Waals surface area contributed by atoms with Crippen LogP contribution in [0.25, 0.3) is 0 Å². The van der Waals surface area contributed by atoms with Gasteiger partial charge in [-0.3, -0.25) is 0 Å². The first kappa shape index (κ1) is 13.6. The number of rotatable bonds is 4. The molecule has 0 bridgehead atoms. The topological polar surface area (TPSA) is 35.8 Å². The second kappa shape index (κ2) is 5.58. The Morgan fingerprint density at radius 3 is 2.45 bits per heavy atom. The molecule has 0 saturated heterocycles. The van der Waals surface area contributed by atoms with Gasteiger partial charge in [0.2, 0.25) is 0 Å². The van der Waals surface area contributed by atoms with Gasteiger partial charge in [0.25, 0.3) is 0 Å². The summed E-state index contributed by atoms with van der Waals surface area (Å²) in [6.45, 7) is 2.32. The molecule has 0 unspecified atom stereocenters. The molecule has 0 radical (unpaired) electrons. The molecular weight excluding hydrogens is 244 g/mol. The summed E-state index contributed by atoms with van der Waals surface area (Å²) in [6.07, 6.45) is 7.47. The van der Waals surface area contributed by atoms with Gasteiger partial charge in [0.1, 0.15) is 0 Å². The quantitative estimate of drug-likeness (QED) is 0.902. The lowest BCUT2D eigenvalue weighted by molar-refractivity contribution is 0.193. The van der Waals surface area contributed by atoms with Crippen LogP contribution in [0.2, 0.25) is 0 Å². The van der Waals surface area contributed by atoms with E-state index in [-0.39, 0.29) is 5.41 Å². The first-order valence-electron chi connectivity index (χ1n) is 7.96. The van der Waals surface area contributed by atoms with E-state index in [9.17, 15) is 5.26 Å². The van der Waals surface area contributed by atoms with Crippen molar-refractivity contribution in [1.29, 1.82) is 5.26 Å². The van der Waals surface area contributed by atoms with E-state index in [0.717, 1.165) is 18.8 Å². The maximum absolute atomic E-state index is 9.58. The highest BCUT2D eigenvalue weighted by atomic mass is 15.0. The summed E-state index contributed by atoms with van der Waals surface area (Å²) in [5.74, 6) is 0.851. The van der Waals surface area contributed by atoms with Gasteiger partial charge >= 0.3 is 0 Å². The van der Waals surface area contributed by atoms with Crippen molar-refractivity contribution >= 4 is 0 Å². The average molecular weight is 268 g/mol. The summed E-state index contributed by atoms with van der Waals surface area (Å²) in [5, 5.41) is 13.3. The molecule has 2 fully saturated rings. The van der Waals surface area contributed by atoms with Gasteiger partial charge in [0, 0.05) is 12.1 Å². The molecule has 0 spiro atoms. The Bertz CT molecular complexity index is 476.